The first-order valence-corrected chi connectivity index (χ1v) is 13.2. The first-order chi connectivity index (χ1) is 17.2. The number of carbonyl (C=O) groups excluding carboxylic acids is 1. The van der Waals surface area contributed by atoms with E-state index < -0.39 is 28.0 Å². The van der Waals surface area contributed by atoms with E-state index in [1.165, 1.54) is 32.4 Å². The first kappa shape index (κ1) is 25.8. The Morgan fingerprint density at radius 2 is 2.03 bits per heavy atom. The second-order valence-corrected chi connectivity index (χ2v) is 10.6. The number of anilines is 1. The molecule has 0 aliphatic carbocycles. The van der Waals surface area contributed by atoms with Crippen LogP contribution in [0.4, 0.5) is 14.9 Å². The molecule has 0 aliphatic heterocycles. The van der Waals surface area contributed by atoms with Crippen molar-refractivity contribution in [2.24, 2.45) is 0 Å². The number of hydrogen-bond acceptors (Lipinski definition) is 7. The SMILES string of the molecule is [2H][C@](C)(CCc1nccc(-c2cn(C(C)C)nc2-c2cc(Cl)cc(NS(C)(=O)=O)c2F)n1)NC(=O)OC. The van der Waals surface area contributed by atoms with Gasteiger partial charge in [0.15, 0.2) is 5.82 Å². The predicted molar refractivity (Wildman–Crippen MR) is 136 cm³/mol. The van der Waals surface area contributed by atoms with Gasteiger partial charge in [-0.15, -0.1) is 0 Å². The van der Waals surface area contributed by atoms with Crippen molar-refractivity contribution >= 4 is 33.4 Å². The minimum Gasteiger partial charge on any atom is -0.453 e. The smallest absolute Gasteiger partial charge is 0.407 e. The highest BCUT2D eigenvalue weighted by Crippen LogP contribution is 2.37. The number of carbonyl (C=O) groups is 1. The van der Waals surface area contributed by atoms with E-state index in [9.17, 15) is 13.2 Å². The molecule has 0 fully saturated rings. The third-order valence-electron chi connectivity index (χ3n) is 5.05. The largest absolute Gasteiger partial charge is 0.453 e. The van der Waals surface area contributed by atoms with Gasteiger partial charge in [0.1, 0.15) is 11.5 Å². The van der Waals surface area contributed by atoms with Gasteiger partial charge in [-0.25, -0.2) is 27.6 Å². The third kappa shape index (κ3) is 6.91. The van der Waals surface area contributed by atoms with Crippen LogP contribution in [0.15, 0.2) is 30.6 Å². The molecule has 1 aromatic carbocycles. The number of amides is 1. The van der Waals surface area contributed by atoms with Gasteiger partial charge in [0, 0.05) is 47.0 Å². The normalized spacial score (nSPS) is 13.7. The van der Waals surface area contributed by atoms with Gasteiger partial charge >= 0.3 is 6.09 Å². The van der Waals surface area contributed by atoms with Crippen LogP contribution in [0.5, 0.6) is 0 Å². The maximum Gasteiger partial charge on any atom is 0.407 e. The molecule has 2 N–H and O–H groups in total. The van der Waals surface area contributed by atoms with E-state index in [1.807, 2.05) is 13.8 Å². The van der Waals surface area contributed by atoms with E-state index in [0.29, 0.717) is 17.1 Å². The molecule has 194 valence electrons. The van der Waals surface area contributed by atoms with Crippen LogP contribution in [0, 0.1) is 5.82 Å². The van der Waals surface area contributed by atoms with Gasteiger partial charge in [-0.2, -0.15) is 5.10 Å². The molecule has 0 saturated carbocycles. The van der Waals surface area contributed by atoms with Crippen LogP contribution in [0.25, 0.3) is 22.5 Å². The Kier molecular flexibility index (Phi) is 8.04. The Hall–Kier alpha value is -3.25. The van der Waals surface area contributed by atoms with Crippen molar-refractivity contribution in [3.63, 3.8) is 0 Å². The quantitative estimate of drug-likeness (QED) is 0.411. The summed E-state index contributed by atoms with van der Waals surface area (Å²) in [6, 6.07) is 2.81. The van der Waals surface area contributed by atoms with Gasteiger partial charge in [0.2, 0.25) is 10.0 Å². The number of hydrogen-bond donors (Lipinski definition) is 2. The Labute approximate surface area is 215 Å². The summed E-state index contributed by atoms with van der Waals surface area (Å²) in [6.45, 7) is 5.34. The van der Waals surface area contributed by atoms with Crippen molar-refractivity contribution in [3.8, 4) is 22.5 Å². The van der Waals surface area contributed by atoms with E-state index >= 15 is 4.39 Å². The van der Waals surface area contributed by atoms with Crippen molar-refractivity contribution in [1.82, 2.24) is 25.1 Å². The summed E-state index contributed by atoms with van der Waals surface area (Å²) in [6.07, 6.45) is 3.91. The zero-order valence-corrected chi connectivity index (χ0v) is 22.0. The average Bonchev–Trinajstić information content (AvgIpc) is 3.24. The molecule has 10 nitrogen and oxygen atoms in total. The monoisotopic (exact) mass is 539 g/mol. The van der Waals surface area contributed by atoms with Crippen LogP contribution < -0.4 is 10.0 Å². The molecule has 0 radical (unpaired) electrons. The lowest BCUT2D eigenvalue weighted by Gasteiger charge is -2.12. The van der Waals surface area contributed by atoms with Gasteiger partial charge in [0.25, 0.3) is 0 Å². The molecule has 2 heterocycles. The van der Waals surface area contributed by atoms with E-state index in [4.69, 9.17) is 13.0 Å². The molecule has 0 unspecified atom stereocenters. The number of aryl methyl sites for hydroxylation is 1. The molecule has 3 aromatic rings. The number of rotatable bonds is 9. The molecule has 0 aliphatic rings. The third-order valence-corrected chi connectivity index (χ3v) is 5.86. The zero-order valence-electron chi connectivity index (χ0n) is 21.5. The van der Waals surface area contributed by atoms with Crippen molar-refractivity contribution in [2.75, 3.05) is 18.1 Å². The summed E-state index contributed by atoms with van der Waals surface area (Å²) in [7, 11) is -2.55. The van der Waals surface area contributed by atoms with E-state index in [2.05, 4.69) is 29.8 Å². The number of methoxy groups -OCH3 is 1. The fraction of sp³-hybridized carbons (Fsp3) is 0.391. The van der Waals surface area contributed by atoms with Crippen LogP contribution >= 0.6 is 11.6 Å². The summed E-state index contributed by atoms with van der Waals surface area (Å²) in [4.78, 5) is 20.3. The molecular weight excluding hydrogens is 511 g/mol. The standard InChI is InChI=1S/C23H28ClFN6O4S/c1-13(2)31-12-17(18-8-9-26-20(28-18)7-6-14(3)27-23(32)35-4)22(29-31)16-10-15(24)11-19(21(16)25)30-36(5,33)34/h8-14,30H,6-7H2,1-5H3,(H,27,32)/t14-/m0/s1/i14D. The van der Waals surface area contributed by atoms with Gasteiger partial charge in [0.05, 0.1) is 26.1 Å². The van der Waals surface area contributed by atoms with Crippen molar-refractivity contribution in [1.29, 1.82) is 0 Å². The number of alkyl carbamates (subject to hydrolysis) is 1. The lowest BCUT2D eigenvalue weighted by molar-refractivity contribution is 0.167. The zero-order chi connectivity index (χ0) is 27.5. The Balaban J connectivity index is 2.04. The lowest BCUT2D eigenvalue weighted by atomic mass is 10.0. The van der Waals surface area contributed by atoms with Gasteiger partial charge in [-0.05, 0) is 45.4 Å². The van der Waals surface area contributed by atoms with Crippen LogP contribution in [-0.2, 0) is 21.2 Å². The number of ether oxygens (including phenoxy) is 1. The van der Waals surface area contributed by atoms with Gasteiger partial charge in [-0.3, -0.25) is 9.40 Å². The second-order valence-electron chi connectivity index (χ2n) is 8.41. The predicted octanol–water partition coefficient (Wildman–Crippen LogP) is 4.43. The molecule has 0 saturated heterocycles. The number of nitrogens with zero attached hydrogens (tertiary/aromatic N) is 4. The number of benzene rings is 1. The number of sulfonamides is 1. The molecule has 2 aromatic heterocycles. The molecule has 0 bridgehead atoms. The minimum absolute atomic E-state index is 0.00535. The Morgan fingerprint density at radius 3 is 2.67 bits per heavy atom. The fourth-order valence-electron chi connectivity index (χ4n) is 3.33. The lowest BCUT2D eigenvalue weighted by Crippen LogP contribution is -2.32. The topological polar surface area (TPSA) is 128 Å². The van der Waals surface area contributed by atoms with Crippen molar-refractivity contribution in [2.45, 2.75) is 45.7 Å². The Morgan fingerprint density at radius 1 is 1.31 bits per heavy atom. The molecule has 1 amide bonds. The van der Waals surface area contributed by atoms with Crippen LogP contribution in [0.1, 0.15) is 40.4 Å². The molecule has 13 heteroatoms. The molecule has 0 spiro atoms. The van der Waals surface area contributed by atoms with Crippen LogP contribution in [0.3, 0.4) is 0 Å². The summed E-state index contributed by atoms with van der Waals surface area (Å²) >= 11 is 6.21. The molecule has 3 rings (SSSR count). The summed E-state index contributed by atoms with van der Waals surface area (Å²) < 4.78 is 55.6. The number of halogens is 2. The molecular formula is C23H28ClFN6O4S. The maximum atomic E-state index is 15.5. The molecule has 36 heavy (non-hydrogen) atoms. The van der Waals surface area contributed by atoms with Crippen molar-refractivity contribution in [3.05, 3.63) is 47.3 Å². The van der Waals surface area contributed by atoms with E-state index in [0.717, 1.165) is 6.26 Å². The first-order valence-electron chi connectivity index (χ1n) is 11.4. The summed E-state index contributed by atoms with van der Waals surface area (Å²) in [5, 5.41) is 7.09. The van der Waals surface area contributed by atoms with Crippen LogP contribution in [0.2, 0.25) is 5.02 Å². The summed E-state index contributed by atoms with van der Waals surface area (Å²) in [5.41, 5.74) is 0.828. The Bertz CT molecular complexity index is 1410. The maximum absolute atomic E-state index is 15.5. The van der Waals surface area contributed by atoms with Gasteiger partial charge in [-0.1, -0.05) is 11.6 Å². The minimum atomic E-state index is -3.76. The highest BCUT2D eigenvalue weighted by molar-refractivity contribution is 7.92. The van der Waals surface area contributed by atoms with E-state index in [-0.39, 0.29) is 40.9 Å². The highest BCUT2D eigenvalue weighted by Gasteiger charge is 2.22. The number of aromatic nitrogens is 4. The number of nitrogens with one attached hydrogen (secondary N) is 2. The average molecular weight is 540 g/mol. The van der Waals surface area contributed by atoms with Crippen molar-refractivity contribution < 1.29 is 23.7 Å². The fourth-order valence-corrected chi connectivity index (χ4v) is 4.10. The highest BCUT2D eigenvalue weighted by atomic mass is 35.5. The van der Waals surface area contributed by atoms with Gasteiger partial charge < -0.3 is 10.1 Å². The molecule has 1 atom stereocenters. The van der Waals surface area contributed by atoms with Crippen LogP contribution in [-0.4, -0.2) is 53.6 Å². The van der Waals surface area contributed by atoms with E-state index in [1.54, 1.807) is 16.9 Å². The second kappa shape index (κ2) is 11.2. The summed E-state index contributed by atoms with van der Waals surface area (Å²) in [5.74, 6) is -0.435.